The molecule has 0 aliphatic rings. The van der Waals surface area contributed by atoms with E-state index >= 15 is 0 Å². The monoisotopic (exact) mass is 217 g/mol. The highest BCUT2D eigenvalue weighted by Crippen LogP contribution is 2.20. The van der Waals surface area contributed by atoms with Crippen LogP contribution in [-0.2, 0) is 6.54 Å². The molecule has 0 aliphatic heterocycles. The highest BCUT2D eigenvalue weighted by Gasteiger charge is 2.08. The van der Waals surface area contributed by atoms with Gasteiger partial charge in [0.15, 0.2) is 0 Å². The number of anilines is 1. The second-order valence-electron chi connectivity index (χ2n) is 3.72. The van der Waals surface area contributed by atoms with Gasteiger partial charge < -0.3 is 5.73 Å². The van der Waals surface area contributed by atoms with E-state index in [-0.39, 0.29) is 0 Å². The van der Waals surface area contributed by atoms with Crippen molar-refractivity contribution in [2.75, 3.05) is 5.73 Å². The maximum atomic E-state index is 5.63. The molecule has 0 saturated heterocycles. The number of nitrogens with two attached hydrogens (primary N) is 1. The highest BCUT2D eigenvalue weighted by atomic mass is 15.3. The molecule has 0 unspecified atom stereocenters. The molecule has 2 aromatic heterocycles. The Morgan fingerprint density at radius 2 is 2.19 bits per heavy atom. The van der Waals surface area contributed by atoms with Crippen LogP contribution in [0, 0.1) is 6.92 Å². The molecule has 2 heterocycles. The highest BCUT2D eigenvalue weighted by molar-refractivity contribution is 5.62. The second kappa shape index (κ2) is 4.30. The van der Waals surface area contributed by atoms with Crippen molar-refractivity contribution in [2.45, 2.75) is 26.8 Å². The topological polar surface area (TPSA) is 69.6 Å². The molecular formula is C11H15N5. The third-order valence-electron chi connectivity index (χ3n) is 2.36. The maximum Gasteiger partial charge on any atom is 0.127 e. The minimum Gasteiger partial charge on any atom is -0.384 e. The molecule has 0 atom stereocenters. The van der Waals surface area contributed by atoms with Gasteiger partial charge in [0, 0.05) is 24.4 Å². The molecule has 2 rings (SSSR count). The summed E-state index contributed by atoms with van der Waals surface area (Å²) in [4.78, 5) is 8.08. The predicted molar refractivity (Wildman–Crippen MR) is 62.7 cm³/mol. The fourth-order valence-electron chi connectivity index (χ4n) is 1.63. The summed E-state index contributed by atoms with van der Waals surface area (Å²) in [6, 6.07) is 1.76. The summed E-state index contributed by atoms with van der Waals surface area (Å²) < 4.78 is 1.93. The van der Waals surface area contributed by atoms with Gasteiger partial charge in [-0.2, -0.15) is 5.10 Å². The fraction of sp³-hybridized carbons (Fsp3) is 0.364. The SMILES string of the molecule is CCCn1cc(-c2cc(N)ncn2)c(C)n1. The number of rotatable bonds is 3. The molecule has 5 nitrogen and oxygen atoms in total. The van der Waals surface area contributed by atoms with E-state index in [2.05, 4.69) is 22.0 Å². The van der Waals surface area contributed by atoms with E-state index in [9.17, 15) is 0 Å². The first kappa shape index (κ1) is 10.6. The van der Waals surface area contributed by atoms with E-state index in [0.717, 1.165) is 29.9 Å². The van der Waals surface area contributed by atoms with Crippen LogP contribution in [0.3, 0.4) is 0 Å². The lowest BCUT2D eigenvalue weighted by atomic mass is 10.2. The van der Waals surface area contributed by atoms with Crippen LogP contribution in [0.1, 0.15) is 19.0 Å². The zero-order valence-electron chi connectivity index (χ0n) is 9.51. The van der Waals surface area contributed by atoms with E-state index in [1.165, 1.54) is 6.33 Å². The van der Waals surface area contributed by atoms with Crippen molar-refractivity contribution in [2.24, 2.45) is 0 Å². The second-order valence-corrected chi connectivity index (χ2v) is 3.72. The third kappa shape index (κ3) is 2.03. The zero-order chi connectivity index (χ0) is 11.5. The van der Waals surface area contributed by atoms with Crippen molar-refractivity contribution in [3.8, 4) is 11.3 Å². The average Bonchev–Trinajstić information content (AvgIpc) is 2.60. The Morgan fingerprint density at radius 1 is 1.38 bits per heavy atom. The Labute approximate surface area is 94.3 Å². The molecule has 2 N–H and O–H groups in total. The summed E-state index contributed by atoms with van der Waals surface area (Å²) >= 11 is 0. The van der Waals surface area contributed by atoms with Crippen molar-refractivity contribution >= 4 is 5.82 Å². The van der Waals surface area contributed by atoms with Crippen molar-refractivity contribution in [3.63, 3.8) is 0 Å². The molecular weight excluding hydrogens is 202 g/mol. The van der Waals surface area contributed by atoms with Crippen molar-refractivity contribution in [3.05, 3.63) is 24.3 Å². The lowest BCUT2D eigenvalue weighted by Gasteiger charge is -1.98. The number of nitrogen functional groups attached to an aromatic ring is 1. The first-order valence-corrected chi connectivity index (χ1v) is 5.32. The van der Waals surface area contributed by atoms with Crippen molar-refractivity contribution in [1.29, 1.82) is 0 Å². The van der Waals surface area contributed by atoms with Crippen LogP contribution >= 0.6 is 0 Å². The number of hydrogen-bond acceptors (Lipinski definition) is 4. The van der Waals surface area contributed by atoms with Crippen LogP contribution in [0.4, 0.5) is 5.82 Å². The Hall–Kier alpha value is -1.91. The normalized spacial score (nSPS) is 10.6. The summed E-state index contributed by atoms with van der Waals surface area (Å²) in [7, 11) is 0. The number of hydrogen-bond donors (Lipinski definition) is 1. The number of nitrogens with zero attached hydrogens (tertiary/aromatic N) is 4. The Balaban J connectivity index is 2.40. The predicted octanol–water partition coefficient (Wildman–Crippen LogP) is 1.64. The van der Waals surface area contributed by atoms with Gasteiger partial charge in [-0.25, -0.2) is 9.97 Å². The summed E-state index contributed by atoms with van der Waals surface area (Å²) in [5, 5.41) is 4.42. The van der Waals surface area contributed by atoms with Gasteiger partial charge in [0.25, 0.3) is 0 Å². The Morgan fingerprint density at radius 3 is 2.88 bits per heavy atom. The minimum absolute atomic E-state index is 0.479. The first-order chi connectivity index (χ1) is 7.70. The van der Waals surface area contributed by atoms with Crippen LogP contribution < -0.4 is 5.73 Å². The first-order valence-electron chi connectivity index (χ1n) is 5.32. The van der Waals surface area contributed by atoms with Gasteiger partial charge >= 0.3 is 0 Å². The molecule has 0 fully saturated rings. The van der Waals surface area contributed by atoms with Gasteiger partial charge in [-0.15, -0.1) is 0 Å². The molecule has 0 amide bonds. The molecule has 0 saturated carbocycles. The summed E-state index contributed by atoms with van der Waals surface area (Å²) in [5.41, 5.74) is 8.44. The molecule has 2 aromatic rings. The molecule has 0 aliphatic carbocycles. The fourth-order valence-corrected chi connectivity index (χ4v) is 1.63. The van der Waals surface area contributed by atoms with Crippen molar-refractivity contribution in [1.82, 2.24) is 19.7 Å². The number of aromatic nitrogens is 4. The molecule has 0 bridgehead atoms. The lowest BCUT2D eigenvalue weighted by molar-refractivity contribution is 0.598. The van der Waals surface area contributed by atoms with Gasteiger partial charge in [0.2, 0.25) is 0 Å². The standard InChI is InChI=1S/C11H15N5/c1-3-4-16-6-9(8(2)15-16)10-5-11(12)14-7-13-10/h5-7H,3-4H2,1-2H3,(H2,12,13,14). The molecule has 84 valence electrons. The largest absolute Gasteiger partial charge is 0.384 e. The Kier molecular flexibility index (Phi) is 2.85. The van der Waals surface area contributed by atoms with Gasteiger partial charge in [0.05, 0.1) is 11.4 Å². The van der Waals surface area contributed by atoms with E-state index in [0.29, 0.717) is 5.82 Å². The van der Waals surface area contributed by atoms with Crippen molar-refractivity contribution < 1.29 is 0 Å². The van der Waals surface area contributed by atoms with Gasteiger partial charge in [-0.05, 0) is 13.3 Å². The van der Waals surface area contributed by atoms with Crippen LogP contribution in [0.2, 0.25) is 0 Å². The smallest absolute Gasteiger partial charge is 0.127 e. The van der Waals surface area contributed by atoms with Gasteiger partial charge in [-0.3, -0.25) is 4.68 Å². The number of aryl methyl sites for hydroxylation is 2. The van der Waals surface area contributed by atoms with Gasteiger partial charge in [-0.1, -0.05) is 6.92 Å². The van der Waals surface area contributed by atoms with Crippen LogP contribution in [-0.4, -0.2) is 19.7 Å². The van der Waals surface area contributed by atoms with Crippen LogP contribution in [0.15, 0.2) is 18.6 Å². The zero-order valence-corrected chi connectivity index (χ0v) is 9.51. The van der Waals surface area contributed by atoms with E-state index < -0.39 is 0 Å². The third-order valence-corrected chi connectivity index (χ3v) is 2.36. The van der Waals surface area contributed by atoms with Gasteiger partial charge in [0.1, 0.15) is 12.1 Å². The maximum absolute atomic E-state index is 5.63. The summed E-state index contributed by atoms with van der Waals surface area (Å²) in [6.07, 6.45) is 4.54. The lowest BCUT2D eigenvalue weighted by Crippen LogP contribution is -1.96. The molecule has 0 radical (unpaired) electrons. The van der Waals surface area contributed by atoms with E-state index in [4.69, 9.17) is 5.73 Å². The van der Waals surface area contributed by atoms with E-state index in [1.54, 1.807) is 6.07 Å². The minimum atomic E-state index is 0.479. The average molecular weight is 217 g/mol. The van der Waals surface area contributed by atoms with Crippen LogP contribution in [0.25, 0.3) is 11.3 Å². The molecule has 5 heteroatoms. The van der Waals surface area contributed by atoms with Crippen LogP contribution in [0.5, 0.6) is 0 Å². The van der Waals surface area contributed by atoms with E-state index in [1.807, 2.05) is 17.8 Å². The summed E-state index contributed by atoms with van der Waals surface area (Å²) in [6.45, 7) is 5.01. The molecule has 16 heavy (non-hydrogen) atoms. The molecule has 0 aromatic carbocycles. The molecule has 0 spiro atoms. The quantitative estimate of drug-likeness (QED) is 0.848. The Bertz CT molecular complexity index is 489. The summed E-state index contributed by atoms with van der Waals surface area (Å²) in [5.74, 6) is 0.479.